The first-order chi connectivity index (χ1) is 15.1. The largest absolute Gasteiger partial charge is 0.207 e. The van der Waals surface area contributed by atoms with E-state index >= 15 is 0 Å². The lowest BCUT2D eigenvalue weighted by molar-refractivity contribution is 0.310. The van der Waals surface area contributed by atoms with Gasteiger partial charge in [-0.15, -0.1) is 0 Å². The van der Waals surface area contributed by atoms with E-state index in [0.29, 0.717) is 5.92 Å². The van der Waals surface area contributed by atoms with Crippen molar-refractivity contribution >= 4 is 11.6 Å². The third-order valence-electron chi connectivity index (χ3n) is 6.95. The summed E-state index contributed by atoms with van der Waals surface area (Å²) in [6, 6.07) is 22.8. The van der Waals surface area contributed by atoms with Gasteiger partial charge in [-0.05, 0) is 111 Å². The fraction of sp³-hybridized carbons (Fsp3) is 0.379. The molecule has 0 amide bonds. The van der Waals surface area contributed by atoms with Crippen LogP contribution in [0, 0.1) is 18.7 Å². The molecular formula is C29H32ClF. The molecule has 0 spiro atoms. The van der Waals surface area contributed by atoms with Gasteiger partial charge in [0, 0.05) is 5.02 Å². The molecule has 0 aromatic heterocycles. The van der Waals surface area contributed by atoms with Gasteiger partial charge in [0.05, 0.1) is 0 Å². The molecule has 0 heterocycles. The lowest BCUT2D eigenvalue weighted by Gasteiger charge is -2.29. The van der Waals surface area contributed by atoms with E-state index in [1.54, 1.807) is 6.07 Å². The normalized spacial score (nSPS) is 18.8. The maximum atomic E-state index is 14.6. The number of rotatable bonds is 7. The van der Waals surface area contributed by atoms with Crippen LogP contribution in [0.1, 0.15) is 65.8 Å². The first-order valence-corrected chi connectivity index (χ1v) is 12.0. The lowest BCUT2D eigenvalue weighted by Crippen LogP contribution is -2.14. The monoisotopic (exact) mass is 434 g/mol. The predicted octanol–water partition coefficient (Wildman–Crippen LogP) is 8.48. The Labute approximate surface area is 191 Å². The van der Waals surface area contributed by atoms with Crippen molar-refractivity contribution in [1.29, 1.82) is 0 Å². The van der Waals surface area contributed by atoms with Gasteiger partial charge < -0.3 is 0 Å². The molecule has 4 rings (SSSR count). The summed E-state index contributed by atoms with van der Waals surface area (Å²) in [4.78, 5) is 0. The molecule has 0 N–H and O–H groups in total. The molecular weight excluding hydrogens is 403 g/mol. The van der Waals surface area contributed by atoms with E-state index in [2.05, 4.69) is 37.3 Å². The molecule has 1 saturated carbocycles. The van der Waals surface area contributed by atoms with Gasteiger partial charge >= 0.3 is 0 Å². The Balaban J connectivity index is 1.24. The van der Waals surface area contributed by atoms with Gasteiger partial charge in [0.1, 0.15) is 5.82 Å². The number of hydrogen-bond acceptors (Lipinski definition) is 0. The van der Waals surface area contributed by atoms with Crippen LogP contribution in [0.15, 0.2) is 66.7 Å². The fourth-order valence-electron chi connectivity index (χ4n) is 4.87. The molecule has 3 aromatic carbocycles. The van der Waals surface area contributed by atoms with E-state index in [1.165, 1.54) is 48.8 Å². The van der Waals surface area contributed by atoms with Crippen LogP contribution in [0.4, 0.5) is 4.39 Å². The summed E-state index contributed by atoms with van der Waals surface area (Å²) in [5.41, 5.74) is 5.96. The summed E-state index contributed by atoms with van der Waals surface area (Å²) in [6.07, 6.45) is 8.85. The Bertz CT molecular complexity index is 967. The number of hydrogen-bond donors (Lipinski definition) is 0. The van der Waals surface area contributed by atoms with Crippen molar-refractivity contribution in [2.45, 2.75) is 64.2 Å². The highest BCUT2D eigenvalue weighted by atomic mass is 35.5. The molecule has 31 heavy (non-hydrogen) atoms. The first kappa shape index (κ1) is 22.1. The standard InChI is InChI=1S/C29H32ClF/c1-21-2-12-25(13-3-21)26-14-6-22(7-15-26)4-5-24-9-17-27(29(31)20-24)16-8-23-10-18-28(30)19-11-23/h2-3,9-13,17-20,22,26H,4-8,14-16H2,1H3/t22-,26-. The van der Waals surface area contributed by atoms with Gasteiger partial charge in [-0.3, -0.25) is 0 Å². The third kappa shape index (κ3) is 6.20. The Morgan fingerprint density at radius 2 is 1.45 bits per heavy atom. The molecule has 0 bridgehead atoms. The Hall–Kier alpha value is -2.12. The number of halogens is 2. The molecule has 0 nitrogen and oxygen atoms in total. The third-order valence-corrected chi connectivity index (χ3v) is 7.20. The van der Waals surface area contributed by atoms with E-state index in [0.717, 1.165) is 41.3 Å². The molecule has 1 aliphatic carbocycles. The zero-order valence-electron chi connectivity index (χ0n) is 18.4. The molecule has 0 unspecified atom stereocenters. The van der Waals surface area contributed by atoms with Crippen LogP contribution < -0.4 is 0 Å². The van der Waals surface area contributed by atoms with Gasteiger partial charge in [-0.1, -0.05) is 65.7 Å². The van der Waals surface area contributed by atoms with Crippen molar-refractivity contribution < 1.29 is 4.39 Å². The van der Waals surface area contributed by atoms with Gasteiger partial charge in [0.25, 0.3) is 0 Å². The van der Waals surface area contributed by atoms with Gasteiger partial charge in [-0.25, -0.2) is 4.39 Å². The van der Waals surface area contributed by atoms with E-state index in [9.17, 15) is 4.39 Å². The van der Waals surface area contributed by atoms with E-state index < -0.39 is 0 Å². The zero-order chi connectivity index (χ0) is 21.6. The minimum absolute atomic E-state index is 0.0606. The van der Waals surface area contributed by atoms with Crippen LogP contribution in [0.5, 0.6) is 0 Å². The van der Waals surface area contributed by atoms with Crippen LogP contribution in [-0.2, 0) is 19.3 Å². The van der Waals surface area contributed by atoms with Crippen molar-refractivity contribution in [3.05, 3.63) is 105 Å². The molecule has 0 aliphatic heterocycles. The van der Waals surface area contributed by atoms with Crippen LogP contribution in [0.2, 0.25) is 5.02 Å². The minimum atomic E-state index is -0.0606. The van der Waals surface area contributed by atoms with Crippen LogP contribution in [0.3, 0.4) is 0 Å². The van der Waals surface area contributed by atoms with E-state index in [-0.39, 0.29) is 5.82 Å². The number of aryl methyl sites for hydroxylation is 4. The average molecular weight is 435 g/mol. The SMILES string of the molecule is Cc1ccc([C@H]2CC[C@H](CCc3ccc(CCc4ccc(Cl)cc4)c(F)c3)CC2)cc1. The summed E-state index contributed by atoms with van der Waals surface area (Å²) in [6.45, 7) is 2.15. The molecule has 1 fully saturated rings. The highest BCUT2D eigenvalue weighted by molar-refractivity contribution is 6.30. The van der Waals surface area contributed by atoms with Crippen molar-refractivity contribution in [3.8, 4) is 0 Å². The second-order valence-electron chi connectivity index (χ2n) is 9.22. The lowest BCUT2D eigenvalue weighted by atomic mass is 9.77. The molecule has 0 radical (unpaired) electrons. The van der Waals surface area contributed by atoms with Crippen molar-refractivity contribution in [1.82, 2.24) is 0 Å². The first-order valence-electron chi connectivity index (χ1n) is 11.6. The smallest absolute Gasteiger partial charge is 0.126 e. The average Bonchev–Trinajstić information content (AvgIpc) is 2.79. The quantitative estimate of drug-likeness (QED) is 0.349. The zero-order valence-corrected chi connectivity index (χ0v) is 19.2. The second-order valence-corrected chi connectivity index (χ2v) is 9.66. The highest BCUT2D eigenvalue weighted by Crippen LogP contribution is 2.37. The van der Waals surface area contributed by atoms with Crippen LogP contribution in [0.25, 0.3) is 0 Å². The van der Waals surface area contributed by atoms with Crippen molar-refractivity contribution in [3.63, 3.8) is 0 Å². The van der Waals surface area contributed by atoms with Crippen LogP contribution in [-0.4, -0.2) is 0 Å². The van der Waals surface area contributed by atoms with E-state index in [1.807, 2.05) is 30.3 Å². The second kappa shape index (κ2) is 10.5. The Morgan fingerprint density at radius 1 is 0.774 bits per heavy atom. The van der Waals surface area contributed by atoms with Crippen molar-refractivity contribution in [2.75, 3.05) is 0 Å². The predicted molar refractivity (Wildman–Crippen MR) is 129 cm³/mol. The molecule has 0 atom stereocenters. The van der Waals surface area contributed by atoms with E-state index in [4.69, 9.17) is 11.6 Å². The molecule has 0 saturated heterocycles. The highest BCUT2D eigenvalue weighted by Gasteiger charge is 2.22. The molecule has 3 aromatic rings. The maximum Gasteiger partial charge on any atom is 0.126 e. The minimum Gasteiger partial charge on any atom is -0.207 e. The van der Waals surface area contributed by atoms with Gasteiger partial charge in [0.2, 0.25) is 0 Å². The van der Waals surface area contributed by atoms with Crippen molar-refractivity contribution in [2.24, 2.45) is 5.92 Å². The van der Waals surface area contributed by atoms with Crippen LogP contribution >= 0.6 is 11.6 Å². The fourth-order valence-corrected chi connectivity index (χ4v) is 5.00. The summed E-state index contributed by atoms with van der Waals surface area (Å²) in [5, 5.41) is 0.739. The number of benzene rings is 3. The summed E-state index contributed by atoms with van der Waals surface area (Å²) >= 11 is 5.94. The maximum absolute atomic E-state index is 14.6. The van der Waals surface area contributed by atoms with Gasteiger partial charge in [-0.2, -0.15) is 0 Å². The molecule has 162 valence electrons. The topological polar surface area (TPSA) is 0 Å². The molecule has 1 aliphatic rings. The Kier molecular flexibility index (Phi) is 7.45. The Morgan fingerprint density at radius 3 is 2.13 bits per heavy atom. The molecule has 2 heteroatoms. The summed E-state index contributed by atoms with van der Waals surface area (Å²) in [7, 11) is 0. The summed E-state index contributed by atoms with van der Waals surface area (Å²) in [5.74, 6) is 1.43. The summed E-state index contributed by atoms with van der Waals surface area (Å²) < 4.78 is 14.6. The van der Waals surface area contributed by atoms with Gasteiger partial charge in [0.15, 0.2) is 0 Å².